The number of hydrogen-bond donors (Lipinski definition) is 1. The molecule has 92 valence electrons. The number of nitrogens with one attached hydrogen (secondary N) is 1. The van der Waals surface area contributed by atoms with Crippen LogP contribution in [0.1, 0.15) is 25.1 Å². The van der Waals surface area contributed by atoms with Crippen LogP contribution in [0.25, 0.3) is 0 Å². The van der Waals surface area contributed by atoms with E-state index >= 15 is 0 Å². The highest BCUT2D eigenvalue weighted by Gasteiger charge is 2.03. The smallest absolute Gasteiger partial charge is 0.107 e. The SMILES string of the molecule is CC(C)OCCCNCc1cc(Br)c(Cl)s1. The van der Waals surface area contributed by atoms with Crippen LogP contribution in [-0.2, 0) is 11.3 Å². The maximum Gasteiger partial charge on any atom is 0.107 e. The second kappa shape index (κ2) is 7.67. The number of thiophene rings is 1. The van der Waals surface area contributed by atoms with E-state index in [1.165, 1.54) is 4.88 Å². The van der Waals surface area contributed by atoms with Crippen molar-refractivity contribution < 1.29 is 4.74 Å². The van der Waals surface area contributed by atoms with Crippen molar-refractivity contribution in [3.8, 4) is 0 Å². The first-order valence-corrected chi connectivity index (χ1v) is 7.34. The van der Waals surface area contributed by atoms with E-state index in [1.807, 2.05) is 0 Å². The van der Waals surface area contributed by atoms with Crippen LogP contribution in [0.5, 0.6) is 0 Å². The molecular weight excluding hydrogens is 310 g/mol. The Kier molecular flexibility index (Phi) is 6.92. The average Bonchev–Trinajstić information content (AvgIpc) is 2.52. The van der Waals surface area contributed by atoms with E-state index in [-0.39, 0.29) is 0 Å². The molecule has 0 unspecified atom stereocenters. The van der Waals surface area contributed by atoms with Crippen LogP contribution in [0.4, 0.5) is 0 Å². The predicted octanol–water partition coefficient (Wildman–Crippen LogP) is 4.07. The quantitative estimate of drug-likeness (QED) is 0.763. The van der Waals surface area contributed by atoms with Gasteiger partial charge in [-0.3, -0.25) is 0 Å². The summed E-state index contributed by atoms with van der Waals surface area (Å²) in [4.78, 5) is 1.25. The Labute approximate surface area is 114 Å². The third-order valence-corrected chi connectivity index (χ3v) is 4.42. The molecule has 1 heterocycles. The molecule has 1 aromatic rings. The molecular formula is C11H17BrClNOS. The Hall–Kier alpha value is 0.390. The minimum Gasteiger partial charge on any atom is -0.379 e. The molecule has 0 amide bonds. The molecule has 0 fully saturated rings. The predicted molar refractivity (Wildman–Crippen MR) is 74.4 cm³/mol. The molecule has 1 aromatic heterocycles. The first kappa shape index (κ1) is 14.5. The fourth-order valence-corrected chi connectivity index (χ4v) is 2.97. The van der Waals surface area contributed by atoms with Gasteiger partial charge in [0.15, 0.2) is 0 Å². The van der Waals surface area contributed by atoms with Crippen LogP contribution < -0.4 is 5.32 Å². The van der Waals surface area contributed by atoms with Gasteiger partial charge in [-0.05, 0) is 48.8 Å². The summed E-state index contributed by atoms with van der Waals surface area (Å²) in [5, 5.41) is 3.37. The summed E-state index contributed by atoms with van der Waals surface area (Å²) >= 11 is 11.0. The van der Waals surface area contributed by atoms with Crippen LogP contribution >= 0.6 is 38.9 Å². The minimum atomic E-state index is 0.326. The fourth-order valence-electron chi connectivity index (χ4n) is 1.21. The summed E-state index contributed by atoms with van der Waals surface area (Å²) in [5.74, 6) is 0. The van der Waals surface area contributed by atoms with Crippen LogP contribution in [0, 0.1) is 0 Å². The largest absolute Gasteiger partial charge is 0.379 e. The second-order valence-electron chi connectivity index (χ2n) is 3.78. The Morgan fingerprint density at radius 2 is 2.31 bits per heavy atom. The molecule has 0 aromatic carbocycles. The Morgan fingerprint density at radius 1 is 1.56 bits per heavy atom. The molecule has 0 saturated heterocycles. The first-order chi connectivity index (χ1) is 7.59. The molecule has 1 rings (SSSR count). The van der Waals surface area contributed by atoms with Gasteiger partial charge in [0.1, 0.15) is 4.34 Å². The second-order valence-corrected chi connectivity index (χ2v) is 6.38. The summed E-state index contributed by atoms with van der Waals surface area (Å²) in [5.41, 5.74) is 0. The molecule has 0 aliphatic rings. The highest BCUT2D eigenvalue weighted by molar-refractivity contribution is 9.10. The van der Waals surface area contributed by atoms with Gasteiger partial charge < -0.3 is 10.1 Å². The van der Waals surface area contributed by atoms with E-state index in [1.54, 1.807) is 11.3 Å². The van der Waals surface area contributed by atoms with Gasteiger partial charge >= 0.3 is 0 Å². The lowest BCUT2D eigenvalue weighted by atomic mass is 10.4. The molecule has 0 atom stereocenters. The number of hydrogen-bond acceptors (Lipinski definition) is 3. The van der Waals surface area contributed by atoms with E-state index in [0.717, 1.165) is 34.9 Å². The summed E-state index contributed by atoms with van der Waals surface area (Å²) in [7, 11) is 0. The standard InChI is InChI=1S/C11H17BrClNOS/c1-8(2)15-5-3-4-14-7-9-6-10(12)11(13)16-9/h6,8,14H,3-5,7H2,1-2H3. The van der Waals surface area contributed by atoms with Gasteiger partial charge in [-0.25, -0.2) is 0 Å². The van der Waals surface area contributed by atoms with E-state index in [2.05, 4.69) is 41.2 Å². The van der Waals surface area contributed by atoms with E-state index in [0.29, 0.717) is 6.10 Å². The summed E-state index contributed by atoms with van der Waals surface area (Å²) in [6.07, 6.45) is 1.37. The normalized spacial score (nSPS) is 11.3. The highest BCUT2D eigenvalue weighted by atomic mass is 79.9. The Morgan fingerprint density at radius 3 is 2.88 bits per heavy atom. The summed E-state index contributed by atoms with van der Waals surface area (Å²) in [6.45, 7) is 6.77. The zero-order valence-corrected chi connectivity index (χ0v) is 12.7. The highest BCUT2D eigenvalue weighted by Crippen LogP contribution is 2.31. The zero-order valence-electron chi connectivity index (χ0n) is 9.56. The molecule has 0 saturated carbocycles. The van der Waals surface area contributed by atoms with Crippen molar-refractivity contribution in [2.24, 2.45) is 0 Å². The van der Waals surface area contributed by atoms with Crippen molar-refractivity contribution in [1.82, 2.24) is 5.32 Å². The van der Waals surface area contributed by atoms with Crippen molar-refractivity contribution in [2.75, 3.05) is 13.2 Å². The lowest BCUT2D eigenvalue weighted by molar-refractivity contribution is 0.0770. The first-order valence-electron chi connectivity index (χ1n) is 5.35. The summed E-state index contributed by atoms with van der Waals surface area (Å²) < 4.78 is 7.26. The molecule has 0 bridgehead atoms. The van der Waals surface area contributed by atoms with E-state index < -0.39 is 0 Å². The molecule has 0 radical (unpaired) electrons. The Balaban J connectivity index is 2.07. The van der Waals surface area contributed by atoms with Crippen molar-refractivity contribution in [3.63, 3.8) is 0 Å². The minimum absolute atomic E-state index is 0.326. The number of rotatable bonds is 7. The van der Waals surface area contributed by atoms with Gasteiger partial charge in [-0.1, -0.05) is 11.6 Å². The molecule has 0 spiro atoms. The molecule has 16 heavy (non-hydrogen) atoms. The van der Waals surface area contributed by atoms with Gasteiger partial charge in [-0.2, -0.15) is 0 Å². The van der Waals surface area contributed by atoms with Crippen LogP contribution in [0.2, 0.25) is 4.34 Å². The maximum absolute atomic E-state index is 5.95. The lowest BCUT2D eigenvalue weighted by Crippen LogP contribution is -2.16. The Bertz CT molecular complexity index is 297. The zero-order chi connectivity index (χ0) is 12.0. The fraction of sp³-hybridized carbons (Fsp3) is 0.636. The van der Waals surface area contributed by atoms with Crippen molar-refractivity contribution in [3.05, 3.63) is 19.8 Å². The van der Waals surface area contributed by atoms with Gasteiger partial charge in [0.25, 0.3) is 0 Å². The van der Waals surface area contributed by atoms with Gasteiger partial charge in [0.2, 0.25) is 0 Å². The van der Waals surface area contributed by atoms with Crippen molar-refractivity contribution in [1.29, 1.82) is 0 Å². The molecule has 2 nitrogen and oxygen atoms in total. The average molecular weight is 327 g/mol. The third-order valence-electron chi connectivity index (χ3n) is 1.94. The molecule has 1 N–H and O–H groups in total. The van der Waals surface area contributed by atoms with Crippen LogP contribution in [0.3, 0.4) is 0 Å². The third kappa shape index (κ3) is 5.64. The van der Waals surface area contributed by atoms with E-state index in [9.17, 15) is 0 Å². The van der Waals surface area contributed by atoms with Crippen LogP contribution in [0.15, 0.2) is 10.5 Å². The van der Waals surface area contributed by atoms with Gasteiger partial charge in [0, 0.05) is 22.5 Å². The van der Waals surface area contributed by atoms with E-state index in [4.69, 9.17) is 16.3 Å². The van der Waals surface area contributed by atoms with Gasteiger partial charge in [-0.15, -0.1) is 11.3 Å². The number of halogens is 2. The lowest BCUT2D eigenvalue weighted by Gasteiger charge is -2.07. The maximum atomic E-state index is 5.95. The van der Waals surface area contributed by atoms with Crippen molar-refractivity contribution in [2.45, 2.75) is 32.9 Å². The molecule has 0 aliphatic carbocycles. The van der Waals surface area contributed by atoms with Gasteiger partial charge in [0.05, 0.1) is 6.10 Å². The number of ether oxygens (including phenoxy) is 1. The monoisotopic (exact) mass is 325 g/mol. The van der Waals surface area contributed by atoms with Crippen LogP contribution in [-0.4, -0.2) is 19.3 Å². The van der Waals surface area contributed by atoms with Crippen molar-refractivity contribution >= 4 is 38.9 Å². The molecule has 5 heteroatoms. The topological polar surface area (TPSA) is 21.3 Å². The summed E-state index contributed by atoms with van der Waals surface area (Å²) in [6, 6.07) is 2.06. The molecule has 0 aliphatic heterocycles.